The van der Waals surface area contributed by atoms with Gasteiger partial charge < -0.3 is 10.2 Å². The molecule has 2 bridgehead atoms. The van der Waals surface area contributed by atoms with Crippen LogP contribution in [-0.2, 0) is 0 Å². The largest absolute Gasteiger partial charge is 0.322 e. The zero-order valence-corrected chi connectivity index (χ0v) is 16.1. The molecule has 3 fully saturated rings. The summed E-state index contributed by atoms with van der Waals surface area (Å²) in [6.45, 7) is 1.96. The number of piperidine rings is 1. The number of benzene rings is 1. The van der Waals surface area contributed by atoms with E-state index in [1.165, 1.54) is 12.3 Å². The molecule has 0 spiro atoms. The van der Waals surface area contributed by atoms with Gasteiger partial charge in [-0.2, -0.15) is 5.10 Å². The molecule has 2 unspecified atom stereocenters. The molecule has 0 radical (unpaired) electrons. The van der Waals surface area contributed by atoms with Gasteiger partial charge in [-0.05, 0) is 61.6 Å². The molecule has 29 heavy (non-hydrogen) atoms. The third kappa shape index (κ3) is 3.26. The van der Waals surface area contributed by atoms with Crippen molar-refractivity contribution >= 4 is 11.7 Å². The van der Waals surface area contributed by atoms with E-state index in [1.807, 2.05) is 47.0 Å². The van der Waals surface area contributed by atoms with Crippen molar-refractivity contribution in [1.82, 2.24) is 19.7 Å². The van der Waals surface area contributed by atoms with Gasteiger partial charge in [0, 0.05) is 41.9 Å². The Morgan fingerprint density at radius 3 is 2.66 bits per heavy atom. The van der Waals surface area contributed by atoms with Gasteiger partial charge in [0.1, 0.15) is 5.82 Å². The van der Waals surface area contributed by atoms with Crippen molar-refractivity contribution in [2.45, 2.75) is 44.3 Å². The number of carbonyl (C=O) groups is 1. The van der Waals surface area contributed by atoms with Crippen LogP contribution in [0.15, 0.2) is 55.1 Å². The quantitative estimate of drug-likeness (QED) is 0.720. The summed E-state index contributed by atoms with van der Waals surface area (Å²) in [6, 6.07) is 9.88. The van der Waals surface area contributed by atoms with Gasteiger partial charge in [0.2, 0.25) is 0 Å². The number of carbonyl (C=O) groups excluding carboxylic acids is 1. The van der Waals surface area contributed by atoms with Crippen LogP contribution < -0.4 is 5.32 Å². The number of aromatic nitrogens is 3. The van der Waals surface area contributed by atoms with E-state index < -0.39 is 0 Å². The number of halogens is 1. The molecule has 2 saturated heterocycles. The van der Waals surface area contributed by atoms with Gasteiger partial charge in [0.25, 0.3) is 0 Å². The summed E-state index contributed by atoms with van der Waals surface area (Å²) in [5.74, 6) is -0.378. The van der Waals surface area contributed by atoms with Gasteiger partial charge in [0.05, 0.1) is 12.2 Å². The first-order chi connectivity index (χ1) is 14.1. The lowest BCUT2D eigenvalue weighted by Gasteiger charge is -2.54. The fourth-order valence-electron chi connectivity index (χ4n) is 4.65. The molecule has 3 aliphatic rings. The molecular formula is C22H22FN5O. The Morgan fingerprint density at radius 2 is 1.93 bits per heavy atom. The van der Waals surface area contributed by atoms with Crippen LogP contribution in [0.5, 0.6) is 0 Å². The summed E-state index contributed by atoms with van der Waals surface area (Å²) in [7, 11) is 0. The number of amides is 2. The van der Waals surface area contributed by atoms with Crippen LogP contribution in [0.25, 0.3) is 11.1 Å². The summed E-state index contributed by atoms with van der Waals surface area (Å²) in [4.78, 5) is 18.8. The third-order valence-corrected chi connectivity index (χ3v) is 6.06. The van der Waals surface area contributed by atoms with Crippen LogP contribution in [0.1, 0.15) is 30.9 Å². The maximum absolute atomic E-state index is 13.6. The molecule has 6 rings (SSSR count). The molecule has 2 atom stereocenters. The van der Waals surface area contributed by atoms with E-state index in [1.54, 1.807) is 12.4 Å². The van der Waals surface area contributed by atoms with Crippen LogP contribution in [0.2, 0.25) is 0 Å². The average Bonchev–Trinajstić information content (AvgIpc) is 3.24. The van der Waals surface area contributed by atoms with Gasteiger partial charge in [-0.3, -0.25) is 9.67 Å². The van der Waals surface area contributed by atoms with Crippen LogP contribution in [0.3, 0.4) is 0 Å². The molecule has 1 aliphatic carbocycles. The summed E-state index contributed by atoms with van der Waals surface area (Å²) in [5, 5.41) is 7.38. The maximum Gasteiger partial charge on any atom is 0.322 e. The predicted octanol–water partition coefficient (Wildman–Crippen LogP) is 4.40. The number of anilines is 1. The first-order valence-electron chi connectivity index (χ1n) is 9.88. The van der Waals surface area contributed by atoms with Crippen molar-refractivity contribution in [3.05, 3.63) is 66.5 Å². The number of urea groups is 1. The lowest BCUT2D eigenvalue weighted by atomic mass is 9.77. The number of nitrogens with zero attached hydrogens (tertiary/aromatic N) is 4. The predicted molar refractivity (Wildman–Crippen MR) is 108 cm³/mol. The maximum atomic E-state index is 13.6. The Kier molecular flexibility index (Phi) is 4.30. The molecule has 2 aromatic heterocycles. The second-order valence-corrected chi connectivity index (χ2v) is 7.91. The Bertz CT molecular complexity index is 1040. The smallest absolute Gasteiger partial charge is 0.318 e. The van der Waals surface area contributed by atoms with E-state index in [4.69, 9.17) is 0 Å². The fourth-order valence-corrected chi connectivity index (χ4v) is 4.65. The molecule has 7 heteroatoms. The van der Waals surface area contributed by atoms with Crippen LogP contribution in [-0.4, -0.2) is 37.8 Å². The van der Waals surface area contributed by atoms with Crippen molar-refractivity contribution < 1.29 is 9.18 Å². The zero-order valence-electron chi connectivity index (χ0n) is 16.1. The van der Waals surface area contributed by atoms with E-state index in [2.05, 4.69) is 15.4 Å². The van der Waals surface area contributed by atoms with E-state index in [-0.39, 0.29) is 23.9 Å². The van der Waals surface area contributed by atoms with Crippen molar-refractivity contribution in [3.63, 3.8) is 0 Å². The number of nitrogens with one attached hydrogen (secondary N) is 1. The number of fused-ring (bicyclic) bond motifs is 2. The van der Waals surface area contributed by atoms with E-state index in [0.29, 0.717) is 17.3 Å². The zero-order chi connectivity index (χ0) is 20.0. The molecule has 3 aromatic rings. The molecule has 1 N–H and O–H groups in total. The lowest BCUT2D eigenvalue weighted by Crippen LogP contribution is -2.64. The Labute approximate surface area is 168 Å². The monoisotopic (exact) mass is 391 g/mol. The summed E-state index contributed by atoms with van der Waals surface area (Å²) in [5.41, 5.74) is 3.26. The molecule has 2 amide bonds. The number of hydrogen-bond donors (Lipinski definition) is 1. The number of aryl methyl sites for hydroxylation is 1. The second kappa shape index (κ2) is 6.99. The van der Waals surface area contributed by atoms with E-state index >= 15 is 0 Å². The van der Waals surface area contributed by atoms with Gasteiger partial charge in [-0.25, -0.2) is 9.18 Å². The minimum atomic E-state index is -0.378. The first kappa shape index (κ1) is 17.8. The Morgan fingerprint density at radius 1 is 1.14 bits per heavy atom. The second-order valence-electron chi connectivity index (χ2n) is 7.91. The SMILES string of the molecule is Cc1ccc(NC(=O)N2C3CC2CC(n2cccn2)C3)cc1-c1cncc(F)c1. The topological polar surface area (TPSA) is 63.1 Å². The highest BCUT2D eigenvalue weighted by Gasteiger charge is 2.48. The van der Waals surface area contributed by atoms with Gasteiger partial charge in [-0.1, -0.05) is 6.07 Å². The standard InChI is InChI=1S/C22H22FN5O/c1-14-3-4-17(8-21(14)15-7-16(23)13-24-12-15)26-22(29)28-19-9-18(10-20(28)11-19)27-6-2-5-25-27/h2-8,12-13,18-20H,9-11H2,1H3,(H,26,29). The molecule has 1 saturated carbocycles. The summed E-state index contributed by atoms with van der Waals surface area (Å²) >= 11 is 0. The molecular weight excluding hydrogens is 369 g/mol. The third-order valence-electron chi connectivity index (χ3n) is 6.06. The highest BCUT2D eigenvalue weighted by atomic mass is 19.1. The van der Waals surface area contributed by atoms with Crippen molar-refractivity contribution in [1.29, 1.82) is 0 Å². The summed E-state index contributed by atoms with van der Waals surface area (Å²) in [6.07, 6.45) is 9.53. The first-order valence-corrected chi connectivity index (χ1v) is 9.88. The number of pyridine rings is 1. The minimum absolute atomic E-state index is 0.0719. The fraction of sp³-hybridized carbons (Fsp3) is 0.318. The van der Waals surface area contributed by atoms with Gasteiger partial charge in [0.15, 0.2) is 0 Å². The van der Waals surface area contributed by atoms with Crippen molar-refractivity contribution in [3.8, 4) is 11.1 Å². The molecule has 2 aliphatic heterocycles. The van der Waals surface area contributed by atoms with Crippen LogP contribution >= 0.6 is 0 Å². The van der Waals surface area contributed by atoms with Crippen molar-refractivity contribution in [2.75, 3.05) is 5.32 Å². The Hall–Kier alpha value is -3.22. The van der Waals surface area contributed by atoms with Crippen molar-refractivity contribution in [2.24, 2.45) is 0 Å². The summed E-state index contributed by atoms with van der Waals surface area (Å²) < 4.78 is 15.6. The lowest BCUT2D eigenvalue weighted by molar-refractivity contribution is -0.00933. The highest BCUT2D eigenvalue weighted by molar-refractivity contribution is 5.91. The molecule has 4 heterocycles. The molecule has 1 aromatic carbocycles. The number of hydrogen-bond acceptors (Lipinski definition) is 3. The van der Waals surface area contributed by atoms with E-state index in [9.17, 15) is 9.18 Å². The Balaban J connectivity index is 1.30. The van der Waals surface area contributed by atoms with Crippen LogP contribution in [0, 0.1) is 12.7 Å². The normalized spacial score (nSPS) is 22.8. The molecule has 148 valence electrons. The molecule has 6 nitrogen and oxygen atoms in total. The minimum Gasteiger partial charge on any atom is -0.318 e. The van der Waals surface area contributed by atoms with Crippen LogP contribution in [0.4, 0.5) is 14.9 Å². The highest BCUT2D eigenvalue weighted by Crippen LogP contribution is 2.43. The average molecular weight is 391 g/mol. The van der Waals surface area contributed by atoms with E-state index in [0.717, 1.165) is 30.4 Å². The van der Waals surface area contributed by atoms with Gasteiger partial charge >= 0.3 is 6.03 Å². The van der Waals surface area contributed by atoms with Gasteiger partial charge in [-0.15, -0.1) is 0 Å². The number of rotatable bonds is 3.